The molecular formula is C15H19F4N. The van der Waals surface area contributed by atoms with Gasteiger partial charge in [0.25, 0.3) is 0 Å². The molecule has 1 nitrogen and oxygen atoms in total. The summed E-state index contributed by atoms with van der Waals surface area (Å²) in [6, 6.07) is 5.59. The van der Waals surface area contributed by atoms with E-state index in [0.717, 1.165) is 12.0 Å². The minimum absolute atomic E-state index is 0.220. The van der Waals surface area contributed by atoms with Gasteiger partial charge in [0, 0.05) is 6.04 Å². The lowest BCUT2D eigenvalue weighted by Gasteiger charge is -2.33. The molecule has 0 amide bonds. The fourth-order valence-electron chi connectivity index (χ4n) is 2.82. The van der Waals surface area contributed by atoms with Crippen LogP contribution < -0.4 is 5.32 Å². The Morgan fingerprint density at radius 2 is 1.70 bits per heavy atom. The van der Waals surface area contributed by atoms with Gasteiger partial charge >= 0.3 is 6.18 Å². The van der Waals surface area contributed by atoms with E-state index in [1.807, 2.05) is 0 Å². The molecule has 5 heteroatoms. The number of rotatable bonds is 4. The summed E-state index contributed by atoms with van der Waals surface area (Å²) in [5.41, 5.74) is 0.929. The van der Waals surface area contributed by atoms with Crippen LogP contribution in [0.4, 0.5) is 17.6 Å². The molecule has 1 fully saturated rings. The van der Waals surface area contributed by atoms with Crippen LogP contribution in [0.3, 0.4) is 0 Å². The molecule has 1 saturated carbocycles. The highest BCUT2D eigenvalue weighted by molar-refractivity contribution is 5.16. The average Bonchev–Trinajstić information content (AvgIpc) is 2.40. The van der Waals surface area contributed by atoms with Crippen molar-refractivity contribution in [2.45, 2.75) is 44.3 Å². The van der Waals surface area contributed by atoms with Gasteiger partial charge in [0.05, 0.1) is 5.92 Å². The molecule has 0 bridgehead atoms. The van der Waals surface area contributed by atoms with Crippen molar-refractivity contribution in [3.8, 4) is 0 Å². The van der Waals surface area contributed by atoms with Gasteiger partial charge in [-0.2, -0.15) is 13.2 Å². The monoisotopic (exact) mass is 289 g/mol. The summed E-state index contributed by atoms with van der Waals surface area (Å²) >= 11 is 0. The Labute approximate surface area is 116 Å². The normalized spacial score (nSPS) is 23.8. The third kappa shape index (κ3) is 4.20. The SMILES string of the molecule is Fc1ccc(CCNC2CCCCC2C(F)(F)F)cc1. The maximum Gasteiger partial charge on any atom is 0.393 e. The molecule has 1 aromatic rings. The van der Waals surface area contributed by atoms with Crippen molar-refractivity contribution in [1.29, 1.82) is 0 Å². The average molecular weight is 289 g/mol. The van der Waals surface area contributed by atoms with E-state index in [-0.39, 0.29) is 12.2 Å². The van der Waals surface area contributed by atoms with Gasteiger partial charge in [-0.1, -0.05) is 25.0 Å². The first-order valence-electron chi connectivity index (χ1n) is 7.01. The molecule has 20 heavy (non-hydrogen) atoms. The third-order valence-electron chi connectivity index (χ3n) is 3.92. The molecule has 0 spiro atoms. The summed E-state index contributed by atoms with van der Waals surface area (Å²) < 4.78 is 51.5. The van der Waals surface area contributed by atoms with Crippen LogP contribution in [0.5, 0.6) is 0 Å². The van der Waals surface area contributed by atoms with Crippen molar-refractivity contribution in [2.75, 3.05) is 6.54 Å². The van der Waals surface area contributed by atoms with Gasteiger partial charge < -0.3 is 5.32 Å². The van der Waals surface area contributed by atoms with Crippen molar-refractivity contribution in [1.82, 2.24) is 5.32 Å². The van der Waals surface area contributed by atoms with E-state index in [4.69, 9.17) is 0 Å². The summed E-state index contributed by atoms with van der Waals surface area (Å²) in [6.07, 6.45) is -1.21. The fraction of sp³-hybridized carbons (Fsp3) is 0.600. The van der Waals surface area contributed by atoms with Gasteiger partial charge in [-0.05, 0) is 43.5 Å². The van der Waals surface area contributed by atoms with Crippen molar-refractivity contribution in [3.05, 3.63) is 35.6 Å². The predicted molar refractivity (Wildman–Crippen MR) is 69.9 cm³/mol. The summed E-state index contributed by atoms with van der Waals surface area (Å²) in [7, 11) is 0. The Morgan fingerprint density at radius 1 is 1.05 bits per heavy atom. The zero-order valence-corrected chi connectivity index (χ0v) is 11.2. The first-order chi connectivity index (χ1) is 9.47. The number of halogens is 4. The lowest BCUT2D eigenvalue weighted by atomic mass is 9.84. The molecule has 0 heterocycles. The second-order valence-corrected chi connectivity index (χ2v) is 5.37. The number of alkyl halides is 3. The Hall–Kier alpha value is -1.10. The number of nitrogens with one attached hydrogen (secondary N) is 1. The Kier molecular flexibility index (Phi) is 5.02. The maximum absolute atomic E-state index is 12.9. The molecule has 1 aromatic carbocycles. The number of hydrogen-bond acceptors (Lipinski definition) is 1. The topological polar surface area (TPSA) is 12.0 Å². The highest BCUT2D eigenvalue weighted by Gasteiger charge is 2.45. The molecule has 0 aliphatic heterocycles. The first-order valence-corrected chi connectivity index (χ1v) is 7.01. The maximum atomic E-state index is 12.9. The van der Waals surface area contributed by atoms with Gasteiger partial charge in [0.2, 0.25) is 0 Å². The predicted octanol–water partition coefficient (Wildman–Crippen LogP) is 4.08. The van der Waals surface area contributed by atoms with Gasteiger partial charge in [-0.3, -0.25) is 0 Å². The zero-order valence-electron chi connectivity index (χ0n) is 11.2. The molecule has 1 N–H and O–H groups in total. The Morgan fingerprint density at radius 3 is 2.35 bits per heavy atom. The molecule has 0 aromatic heterocycles. The van der Waals surface area contributed by atoms with Crippen LogP contribution in [0, 0.1) is 11.7 Å². The molecule has 0 saturated heterocycles. The van der Waals surface area contributed by atoms with Crippen molar-refractivity contribution in [3.63, 3.8) is 0 Å². The largest absolute Gasteiger partial charge is 0.393 e. The van der Waals surface area contributed by atoms with Crippen LogP contribution in [-0.4, -0.2) is 18.8 Å². The van der Waals surface area contributed by atoms with Crippen LogP contribution in [0.2, 0.25) is 0 Å². The van der Waals surface area contributed by atoms with E-state index >= 15 is 0 Å². The fourth-order valence-corrected chi connectivity index (χ4v) is 2.82. The minimum Gasteiger partial charge on any atom is -0.313 e. The first kappa shape index (κ1) is 15.3. The highest BCUT2D eigenvalue weighted by Crippen LogP contribution is 2.37. The van der Waals surface area contributed by atoms with Crippen LogP contribution in [-0.2, 0) is 6.42 Å². The van der Waals surface area contributed by atoms with Crippen LogP contribution in [0.1, 0.15) is 31.2 Å². The number of benzene rings is 1. The van der Waals surface area contributed by atoms with E-state index in [1.165, 1.54) is 12.1 Å². The summed E-state index contributed by atoms with van der Waals surface area (Å²) in [4.78, 5) is 0. The molecule has 1 aliphatic rings. The molecule has 2 atom stereocenters. The quantitative estimate of drug-likeness (QED) is 0.824. The zero-order chi connectivity index (χ0) is 14.6. The second kappa shape index (κ2) is 6.57. The molecule has 0 radical (unpaired) electrons. The van der Waals surface area contributed by atoms with Gasteiger partial charge in [-0.15, -0.1) is 0 Å². The molecule has 112 valence electrons. The smallest absolute Gasteiger partial charge is 0.313 e. The standard InChI is InChI=1S/C15H19F4N/c16-12-7-5-11(6-8-12)9-10-20-14-4-2-1-3-13(14)15(17,18)19/h5-8,13-14,20H,1-4,9-10H2. The Balaban J connectivity index is 1.84. The summed E-state index contributed by atoms with van der Waals surface area (Å²) in [6.45, 7) is 0.489. The Bertz CT molecular complexity index is 413. The summed E-state index contributed by atoms with van der Waals surface area (Å²) in [5, 5.41) is 3.03. The molecule has 2 unspecified atom stereocenters. The van der Waals surface area contributed by atoms with E-state index < -0.39 is 18.1 Å². The second-order valence-electron chi connectivity index (χ2n) is 5.37. The van der Waals surface area contributed by atoms with Gasteiger partial charge in [0.15, 0.2) is 0 Å². The van der Waals surface area contributed by atoms with Crippen molar-refractivity contribution < 1.29 is 17.6 Å². The van der Waals surface area contributed by atoms with E-state index in [9.17, 15) is 17.6 Å². The van der Waals surface area contributed by atoms with Crippen LogP contribution >= 0.6 is 0 Å². The molecule has 1 aliphatic carbocycles. The van der Waals surface area contributed by atoms with Gasteiger partial charge in [0.1, 0.15) is 5.82 Å². The summed E-state index contributed by atoms with van der Waals surface area (Å²) in [5.74, 6) is -1.53. The lowest BCUT2D eigenvalue weighted by molar-refractivity contribution is -0.188. The minimum atomic E-state index is -4.12. The van der Waals surface area contributed by atoms with Crippen LogP contribution in [0.25, 0.3) is 0 Å². The van der Waals surface area contributed by atoms with E-state index in [0.29, 0.717) is 25.8 Å². The lowest BCUT2D eigenvalue weighted by Crippen LogP contribution is -2.46. The molecular weight excluding hydrogens is 270 g/mol. The van der Waals surface area contributed by atoms with Crippen molar-refractivity contribution >= 4 is 0 Å². The van der Waals surface area contributed by atoms with Crippen LogP contribution in [0.15, 0.2) is 24.3 Å². The van der Waals surface area contributed by atoms with E-state index in [1.54, 1.807) is 12.1 Å². The van der Waals surface area contributed by atoms with E-state index in [2.05, 4.69) is 5.32 Å². The number of hydrogen-bond donors (Lipinski definition) is 1. The third-order valence-corrected chi connectivity index (χ3v) is 3.92. The van der Waals surface area contributed by atoms with Crippen molar-refractivity contribution in [2.24, 2.45) is 5.92 Å². The highest BCUT2D eigenvalue weighted by atomic mass is 19.4. The van der Waals surface area contributed by atoms with Gasteiger partial charge in [-0.25, -0.2) is 4.39 Å². The molecule has 2 rings (SSSR count).